The Morgan fingerprint density at radius 2 is 2.06 bits per heavy atom. The largest absolute Gasteiger partial charge is 0.462 e. The van der Waals surface area contributed by atoms with E-state index in [0.717, 1.165) is 28.6 Å². The van der Waals surface area contributed by atoms with Gasteiger partial charge in [-0.05, 0) is 76.4 Å². The molecule has 2 aromatic heterocycles. The van der Waals surface area contributed by atoms with E-state index in [4.69, 9.17) is 9.47 Å². The van der Waals surface area contributed by atoms with Crippen molar-refractivity contribution < 1.29 is 23.8 Å². The third kappa shape index (κ3) is 5.12. The number of carbonyl (C=O) groups is 1. The number of hydrogen-bond acceptors (Lipinski definition) is 8. The molecule has 0 aliphatic heterocycles. The summed E-state index contributed by atoms with van der Waals surface area (Å²) in [6, 6.07) is 10.4. The molecule has 1 unspecified atom stereocenters. The number of thiazole rings is 1. The average Bonchev–Trinajstić information content (AvgIpc) is 3.47. The maximum Gasteiger partial charge on any atom is 0.338 e. The van der Waals surface area contributed by atoms with E-state index in [1.165, 1.54) is 17.4 Å². The van der Waals surface area contributed by atoms with E-state index in [-0.39, 0.29) is 17.8 Å². The first-order valence-electron chi connectivity index (χ1n) is 12.0. The van der Waals surface area contributed by atoms with Gasteiger partial charge in [0.15, 0.2) is 5.82 Å². The fourth-order valence-electron chi connectivity index (χ4n) is 4.07. The van der Waals surface area contributed by atoms with Gasteiger partial charge in [-0.2, -0.15) is 4.98 Å². The second kappa shape index (κ2) is 9.51. The van der Waals surface area contributed by atoms with Gasteiger partial charge >= 0.3 is 5.97 Å². The lowest BCUT2D eigenvalue weighted by Gasteiger charge is -2.32. The fraction of sp³-hybridized carbons (Fsp3) is 0.423. The van der Waals surface area contributed by atoms with Gasteiger partial charge in [0, 0.05) is 12.6 Å². The Balaban J connectivity index is 1.38. The minimum absolute atomic E-state index is 0.226. The van der Waals surface area contributed by atoms with Gasteiger partial charge in [0.05, 0.1) is 33.6 Å². The second-order valence-electron chi connectivity index (χ2n) is 9.91. The van der Waals surface area contributed by atoms with Crippen LogP contribution in [0.25, 0.3) is 26.6 Å². The molecule has 1 saturated carbocycles. The van der Waals surface area contributed by atoms with Crippen molar-refractivity contribution in [2.75, 3.05) is 6.61 Å². The molecule has 0 radical (unpaired) electrons. The minimum atomic E-state index is -1.06. The van der Waals surface area contributed by atoms with Crippen LogP contribution >= 0.6 is 11.3 Å². The highest BCUT2D eigenvalue weighted by atomic mass is 32.1. The lowest BCUT2D eigenvalue weighted by molar-refractivity contribution is -0.244. The van der Waals surface area contributed by atoms with Crippen LogP contribution in [-0.4, -0.2) is 55.2 Å². The summed E-state index contributed by atoms with van der Waals surface area (Å²) in [7, 11) is 0. The van der Waals surface area contributed by atoms with Crippen molar-refractivity contribution in [3.8, 4) is 11.4 Å². The van der Waals surface area contributed by atoms with Crippen molar-refractivity contribution >= 4 is 32.5 Å². The molecule has 10 heteroatoms. The Kier molecular flexibility index (Phi) is 6.54. The normalized spacial score (nSPS) is 15.2. The maximum absolute atomic E-state index is 15.2. The van der Waals surface area contributed by atoms with Crippen LogP contribution in [0.4, 0.5) is 4.39 Å². The number of aliphatic hydroxyl groups is 1. The van der Waals surface area contributed by atoms with Crippen LogP contribution in [-0.2, 0) is 16.0 Å². The number of esters is 1. The first kappa shape index (κ1) is 24.8. The van der Waals surface area contributed by atoms with Crippen LogP contribution in [0.3, 0.4) is 0 Å². The van der Waals surface area contributed by atoms with Gasteiger partial charge in [0.25, 0.3) is 0 Å². The molecule has 0 bridgehead atoms. The first-order chi connectivity index (χ1) is 17.1. The monoisotopic (exact) mass is 512 g/mol. The van der Waals surface area contributed by atoms with Crippen molar-refractivity contribution in [3.05, 3.63) is 53.3 Å². The van der Waals surface area contributed by atoms with Crippen molar-refractivity contribution in [2.24, 2.45) is 0 Å². The number of nitrogens with zero attached hydrogens (tertiary/aromatic N) is 4. The van der Waals surface area contributed by atoms with Crippen LogP contribution in [0.5, 0.6) is 0 Å². The molecule has 1 N–H and O–H groups in total. The molecule has 1 aliphatic carbocycles. The molecule has 4 aromatic rings. The van der Waals surface area contributed by atoms with Crippen molar-refractivity contribution in [3.63, 3.8) is 0 Å². The number of rotatable bonds is 8. The van der Waals surface area contributed by atoms with Crippen LogP contribution in [0.1, 0.15) is 56.5 Å². The number of aliphatic hydroxyl groups excluding tert-OH is 1. The first-order valence-corrected chi connectivity index (χ1v) is 12.8. The Morgan fingerprint density at radius 3 is 2.72 bits per heavy atom. The van der Waals surface area contributed by atoms with Gasteiger partial charge in [-0.15, -0.1) is 5.10 Å². The number of carbonyl (C=O) groups excluding carboxylic acids is 1. The fourth-order valence-corrected chi connectivity index (χ4v) is 5.07. The van der Waals surface area contributed by atoms with E-state index in [1.807, 2.05) is 31.7 Å². The molecule has 0 amide bonds. The van der Waals surface area contributed by atoms with Gasteiger partial charge in [-0.3, -0.25) is 0 Å². The maximum atomic E-state index is 15.2. The topological polar surface area (TPSA) is 89.2 Å². The molecule has 36 heavy (non-hydrogen) atoms. The minimum Gasteiger partial charge on any atom is -0.462 e. The molecule has 5 rings (SSSR count). The molecule has 1 atom stereocenters. The van der Waals surface area contributed by atoms with Gasteiger partial charge in [0.2, 0.25) is 11.4 Å². The Morgan fingerprint density at radius 1 is 1.28 bits per heavy atom. The summed E-state index contributed by atoms with van der Waals surface area (Å²) in [6.07, 6.45) is 0.908. The SMILES string of the molecule is CCOC(=O)c1ccc2c(c1)sc1nc(-c3ccc(CN(C4CC4)C(O)OC(C)(C)C)cc3F)nn12. The highest BCUT2D eigenvalue weighted by Gasteiger charge is 2.35. The van der Waals surface area contributed by atoms with Crippen LogP contribution < -0.4 is 0 Å². The molecule has 1 fully saturated rings. The Bertz CT molecular complexity index is 1420. The molecule has 0 saturated heterocycles. The number of aromatic nitrogens is 3. The van der Waals surface area contributed by atoms with Crippen LogP contribution in [0.2, 0.25) is 0 Å². The highest BCUT2D eigenvalue weighted by molar-refractivity contribution is 7.23. The summed E-state index contributed by atoms with van der Waals surface area (Å²) in [5.74, 6) is -0.516. The predicted molar refractivity (Wildman–Crippen MR) is 135 cm³/mol. The van der Waals surface area contributed by atoms with E-state index >= 15 is 4.39 Å². The quantitative estimate of drug-likeness (QED) is 0.263. The lowest BCUT2D eigenvalue weighted by atomic mass is 10.1. The second-order valence-corrected chi connectivity index (χ2v) is 10.9. The molecule has 1 aliphatic rings. The highest BCUT2D eigenvalue weighted by Crippen LogP contribution is 2.33. The van der Waals surface area contributed by atoms with E-state index in [1.54, 1.807) is 35.7 Å². The zero-order valence-corrected chi connectivity index (χ0v) is 21.5. The predicted octanol–water partition coefficient (Wildman–Crippen LogP) is 4.98. The number of ether oxygens (including phenoxy) is 2. The number of hydrogen-bond donors (Lipinski definition) is 1. The van der Waals surface area contributed by atoms with E-state index in [0.29, 0.717) is 29.2 Å². The smallest absolute Gasteiger partial charge is 0.338 e. The standard InChI is InChI=1S/C26H29FN4O4S/c1-5-34-23(32)16-7-11-20-21(13-16)36-24-28-22(29-31(20)24)18-10-6-15(12-19(18)27)14-30(17-8-9-17)25(33)35-26(2,3)4/h6-7,10-13,17,25,33H,5,8-9,14H2,1-4H3. The molecule has 2 heterocycles. The van der Waals surface area contributed by atoms with Crippen LogP contribution in [0.15, 0.2) is 36.4 Å². The van der Waals surface area contributed by atoms with Crippen LogP contribution in [0, 0.1) is 5.82 Å². The summed E-state index contributed by atoms with van der Waals surface area (Å²) in [4.78, 5) is 19.0. The average molecular weight is 513 g/mol. The van der Waals surface area contributed by atoms with Crippen molar-refractivity contribution in [1.29, 1.82) is 0 Å². The zero-order valence-electron chi connectivity index (χ0n) is 20.7. The van der Waals surface area contributed by atoms with Crippen molar-refractivity contribution in [2.45, 2.75) is 65.1 Å². The molecular formula is C26H29FN4O4S. The molecule has 0 spiro atoms. The van der Waals surface area contributed by atoms with E-state index < -0.39 is 17.8 Å². The summed E-state index contributed by atoms with van der Waals surface area (Å²) in [5, 5.41) is 15.1. The summed E-state index contributed by atoms with van der Waals surface area (Å²) in [5.41, 5.74) is 1.79. The molecule has 2 aromatic carbocycles. The van der Waals surface area contributed by atoms with E-state index in [2.05, 4.69) is 10.1 Å². The molecule has 190 valence electrons. The summed E-state index contributed by atoms with van der Waals surface area (Å²) >= 11 is 1.37. The molecule has 8 nitrogen and oxygen atoms in total. The third-order valence-corrected chi connectivity index (χ3v) is 6.87. The van der Waals surface area contributed by atoms with Crippen molar-refractivity contribution in [1.82, 2.24) is 19.5 Å². The summed E-state index contributed by atoms with van der Waals surface area (Å²) in [6.45, 7) is 8.12. The number of benzene rings is 2. The van der Waals surface area contributed by atoms with Gasteiger partial charge < -0.3 is 14.6 Å². The Hall–Kier alpha value is -2.92. The Labute approximate surface area is 212 Å². The zero-order chi connectivity index (χ0) is 25.6. The molecular weight excluding hydrogens is 483 g/mol. The number of halogens is 1. The van der Waals surface area contributed by atoms with Gasteiger partial charge in [-0.25, -0.2) is 18.6 Å². The third-order valence-electron chi connectivity index (χ3n) is 5.88. The van der Waals surface area contributed by atoms with E-state index in [9.17, 15) is 9.90 Å². The summed E-state index contributed by atoms with van der Waals surface area (Å²) < 4.78 is 28.5. The number of fused-ring (bicyclic) bond motifs is 3. The van der Waals surface area contributed by atoms with Gasteiger partial charge in [-0.1, -0.05) is 17.4 Å². The lowest BCUT2D eigenvalue weighted by Crippen LogP contribution is -2.42. The van der Waals surface area contributed by atoms with Gasteiger partial charge in [0.1, 0.15) is 5.82 Å².